The summed E-state index contributed by atoms with van der Waals surface area (Å²) in [5.74, 6) is 0.107. The van der Waals surface area contributed by atoms with Crippen LogP contribution in [0, 0.1) is 0 Å². The van der Waals surface area contributed by atoms with Crippen LogP contribution in [0.5, 0.6) is 11.5 Å². The first-order valence-electron chi connectivity index (χ1n) is 5.90. The lowest BCUT2D eigenvalue weighted by molar-refractivity contribution is -0.127. The highest BCUT2D eigenvalue weighted by Gasteiger charge is 2.17. The zero-order valence-electron chi connectivity index (χ0n) is 12.0. The van der Waals surface area contributed by atoms with Crippen molar-refractivity contribution in [1.29, 1.82) is 0 Å². The molecule has 0 radical (unpaired) electrons. The van der Waals surface area contributed by atoms with Crippen molar-refractivity contribution in [3.63, 3.8) is 0 Å². The molecule has 0 aliphatic heterocycles. The van der Waals surface area contributed by atoms with Crippen LogP contribution in [0.1, 0.15) is 10.4 Å². The minimum absolute atomic E-state index is 0.106. The monoisotopic (exact) mass is 281 g/mol. The average molecular weight is 281 g/mol. The van der Waals surface area contributed by atoms with Crippen molar-refractivity contribution in [3.8, 4) is 11.5 Å². The van der Waals surface area contributed by atoms with Crippen molar-refractivity contribution in [2.24, 2.45) is 0 Å². The summed E-state index contributed by atoms with van der Waals surface area (Å²) in [5.41, 5.74) is 6.25. The molecule has 0 fully saturated rings. The third-order valence-corrected chi connectivity index (χ3v) is 2.71. The van der Waals surface area contributed by atoms with Gasteiger partial charge in [-0.15, -0.1) is 0 Å². The van der Waals surface area contributed by atoms with Crippen molar-refractivity contribution < 1.29 is 19.1 Å². The van der Waals surface area contributed by atoms with Crippen LogP contribution in [0.3, 0.4) is 0 Å². The number of anilines is 1. The van der Waals surface area contributed by atoms with Gasteiger partial charge in [-0.2, -0.15) is 0 Å². The van der Waals surface area contributed by atoms with Gasteiger partial charge in [-0.25, -0.2) is 0 Å². The highest BCUT2D eigenvalue weighted by molar-refractivity contribution is 6.02. The quantitative estimate of drug-likeness (QED) is 0.747. The average Bonchev–Trinajstić information content (AvgIpc) is 2.44. The molecule has 0 aliphatic carbocycles. The smallest absolute Gasteiger partial charge is 0.254 e. The molecular weight excluding hydrogens is 262 g/mol. The molecule has 7 heteroatoms. The number of nitrogens with one attached hydrogen (secondary N) is 1. The highest BCUT2D eigenvalue weighted by atomic mass is 16.5. The molecule has 0 saturated carbocycles. The standard InChI is InChI=1S/C13H19N3O4/c1-16(2)11(17)7-15-13(18)9-5-8(19-3)6-10(20-4)12(9)14/h5-6H,7,14H2,1-4H3,(H,15,18). The fourth-order valence-corrected chi connectivity index (χ4v) is 1.49. The van der Waals surface area contributed by atoms with E-state index < -0.39 is 5.91 Å². The number of rotatable bonds is 5. The minimum Gasteiger partial charge on any atom is -0.497 e. The van der Waals surface area contributed by atoms with Gasteiger partial charge in [-0.1, -0.05) is 0 Å². The van der Waals surface area contributed by atoms with Crippen LogP contribution < -0.4 is 20.5 Å². The maximum absolute atomic E-state index is 12.1. The van der Waals surface area contributed by atoms with Crippen LogP contribution in [-0.4, -0.2) is 51.6 Å². The maximum atomic E-state index is 12.1. The molecule has 0 unspecified atom stereocenters. The third-order valence-electron chi connectivity index (χ3n) is 2.71. The predicted molar refractivity (Wildman–Crippen MR) is 75.0 cm³/mol. The van der Waals surface area contributed by atoms with Crippen molar-refractivity contribution in [2.45, 2.75) is 0 Å². The van der Waals surface area contributed by atoms with Gasteiger partial charge in [-0.3, -0.25) is 9.59 Å². The first kappa shape index (κ1) is 15.6. The predicted octanol–water partition coefficient (Wildman–Crippen LogP) is 0.104. The van der Waals surface area contributed by atoms with Crippen molar-refractivity contribution in [3.05, 3.63) is 17.7 Å². The molecule has 0 aliphatic rings. The first-order chi connectivity index (χ1) is 9.40. The molecule has 110 valence electrons. The molecular formula is C13H19N3O4. The van der Waals surface area contributed by atoms with Gasteiger partial charge in [0.2, 0.25) is 5.91 Å². The maximum Gasteiger partial charge on any atom is 0.254 e. The van der Waals surface area contributed by atoms with Gasteiger partial charge in [0.25, 0.3) is 5.91 Å². The number of methoxy groups -OCH3 is 2. The number of ether oxygens (including phenoxy) is 2. The van der Waals surface area contributed by atoms with Gasteiger partial charge in [0.05, 0.1) is 32.0 Å². The van der Waals surface area contributed by atoms with Crippen LogP contribution in [0.4, 0.5) is 5.69 Å². The fraction of sp³-hybridized carbons (Fsp3) is 0.385. The SMILES string of the molecule is COc1cc(OC)c(N)c(C(=O)NCC(=O)N(C)C)c1. The topological polar surface area (TPSA) is 93.9 Å². The number of hydrogen-bond acceptors (Lipinski definition) is 5. The fourth-order valence-electron chi connectivity index (χ4n) is 1.49. The largest absolute Gasteiger partial charge is 0.497 e. The number of amides is 2. The molecule has 7 nitrogen and oxygen atoms in total. The van der Waals surface area contributed by atoms with Crippen molar-refractivity contribution in [1.82, 2.24) is 10.2 Å². The summed E-state index contributed by atoms with van der Waals surface area (Å²) in [6.45, 7) is -0.106. The van der Waals surface area contributed by atoms with Crippen LogP contribution in [0.15, 0.2) is 12.1 Å². The second-order valence-electron chi connectivity index (χ2n) is 4.26. The summed E-state index contributed by atoms with van der Waals surface area (Å²) < 4.78 is 10.2. The second kappa shape index (κ2) is 6.65. The summed E-state index contributed by atoms with van der Waals surface area (Å²) in [6.07, 6.45) is 0. The number of benzene rings is 1. The van der Waals surface area contributed by atoms with E-state index in [1.807, 2.05) is 0 Å². The van der Waals surface area contributed by atoms with Gasteiger partial charge < -0.3 is 25.4 Å². The molecule has 1 aromatic rings. The Hall–Kier alpha value is -2.44. The van der Waals surface area contributed by atoms with E-state index in [1.165, 1.54) is 25.2 Å². The van der Waals surface area contributed by atoms with E-state index in [2.05, 4.69) is 5.32 Å². The Balaban J connectivity index is 2.94. The van der Waals surface area contributed by atoms with E-state index in [0.29, 0.717) is 11.5 Å². The molecule has 20 heavy (non-hydrogen) atoms. The summed E-state index contributed by atoms with van der Waals surface area (Å²) in [7, 11) is 6.14. The highest BCUT2D eigenvalue weighted by Crippen LogP contribution is 2.30. The number of nitrogens with zero attached hydrogens (tertiary/aromatic N) is 1. The van der Waals surface area contributed by atoms with Crippen LogP contribution in [0.2, 0.25) is 0 Å². The number of hydrogen-bond donors (Lipinski definition) is 2. The molecule has 0 atom stereocenters. The summed E-state index contributed by atoms with van der Waals surface area (Å²) >= 11 is 0. The lowest BCUT2D eigenvalue weighted by Gasteiger charge is -2.14. The lowest BCUT2D eigenvalue weighted by Crippen LogP contribution is -2.36. The van der Waals surface area contributed by atoms with Gasteiger partial charge in [0, 0.05) is 20.2 Å². The van der Waals surface area contributed by atoms with Crippen molar-refractivity contribution in [2.75, 3.05) is 40.6 Å². The zero-order valence-corrected chi connectivity index (χ0v) is 12.0. The van der Waals surface area contributed by atoms with Gasteiger partial charge >= 0.3 is 0 Å². The third kappa shape index (κ3) is 3.53. The van der Waals surface area contributed by atoms with Gasteiger partial charge in [-0.05, 0) is 6.07 Å². The molecule has 0 saturated heterocycles. The van der Waals surface area contributed by atoms with E-state index in [1.54, 1.807) is 20.2 Å². The summed E-state index contributed by atoms with van der Waals surface area (Å²) in [4.78, 5) is 24.9. The summed E-state index contributed by atoms with van der Waals surface area (Å²) in [6, 6.07) is 3.07. The number of nitrogens with two attached hydrogens (primary N) is 1. The Morgan fingerprint density at radius 2 is 1.90 bits per heavy atom. The van der Waals surface area contributed by atoms with Crippen LogP contribution in [-0.2, 0) is 4.79 Å². The van der Waals surface area contributed by atoms with E-state index in [9.17, 15) is 9.59 Å². The number of carbonyl (C=O) groups is 2. The second-order valence-corrected chi connectivity index (χ2v) is 4.26. The van der Waals surface area contributed by atoms with Gasteiger partial charge in [0.1, 0.15) is 11.5 Å². The summed E-state index contributed by atoms with van der Waals surface area (Å²) in [5, 5.41) is 2.50. The minimum atomic E-state index is -0.463. The van der Waals surface area contributed by atoms with Crippen molar-refractivity contribution >= 4 is 17.5 Å². The van der Waals surface area contributed by atoms with Crippen LogP contribution in [0.25, 0.3) is 0 Å². The Labute approximate surface area is 117 Å². The number of likely N-dealkylation sites (N-methyl/N-ethyl adjacent to an activating group) is 1. The normalized spacial score (nSPS) is 9.80. The number of carbonyl (C=O) groups excluding carboxylic acids is 2. The van der Waals surface area contributed by atoms with Gasteiger partial charge in [0.15, 0.2) is 0 Å². The zero-order chi connectivity index (χ0) is 15.3. The van der Waals surface area contributed by atoms with E-state index in [4.69, 9.17) is 15.2 Å². The molecule has 0 aromatic heterocycles. The molecule has 0 heterocycles. The Bertz CT molecular complexity index is 515. The van der Waals surface area contributed by atoms with E-state index in [0.717, 1.165) is 0 Å². The van der Waals surface area contributed by atoms with E-state index >= 15 is 0 Å². The first-order valence-corrected chi connectivity index (χ1v) is 5.90. The number of nitrogen functional groups attached to an aromatic ring is 1. The molecule has 3 N–H and O–H groups in total. The molecule has 0 bridgehead atoms. The molecule has 0 spiro atoms. The Morgan fingerprint density at radius 3 is 2.40 bits per heavy atom. The van der Waals surface area contributed by atoms with Crippen LogP contribution >= 0.6 is 0 Å². The van der Waals surface area contributed by atoms with E-state index in [-0.39, 0.29) is 23.7 Å². The Morgan fingerprint density at radius 1 is 1.25 bits per heavy atom. The molecule has 1 aromatic carbocycles. The molecule has 1 rings (SSSR count). The Kier molecular flexibility index (Phi) is 5.19. The lowest BCUT2D eigenvalue weighted by atomic mass is 10.1. The molecule has 2 amide bonds.